The summed E-state index contributed by atoms with van der Waals surface area (Å²) in [5.41, 5.74) is -2.27. The Labute approximate surface area is 212 Å². The summed E-state index contributed by atoms with van der Waals surface area (Å²) in [7, 11) is 0. The van der Waals surface area contributed by atoms with Gasteiger partial charge >= 0.3 is 18.0 Å². The Hall–Kier alpha value is -2.95. The first-order valence-electron chi connectivity index (χ1n) is 12.0. The molecular formula is C26H38N2O8. The van der Waals surface area contributed by atoms with Gasteiger partial charge in [-0.3, -0.25) is 4.90 Å². The minimum atomic E-state index is -2.34. The van der Waals surface area contributed by atoms with Gasteiger partial charge in [-0.25, -0.2) is 14.4 Å². The van der Waals surface area contributed by atoms with Crippen LogP contribution >= 0.6 is 0 Å². The topological polar surface area (TPSA) is 124 Å². The van der Waals surface area contributed by atoms with E-state index in [4.69, 9.17) is 18.9 Å². The summed E-state index contributed by atoms with van der Waals surface area (Å²) in [6.45, 7) is 11.4. The molecule has 1 aromatic carbocycles. The van der Waals surface area contributed by atoms with Crippen LogP contribution in [0.3, 0.4) is 0 Å². The van der Waals surface area contributed by atoms with Crippen molar-refractivity contribution in [3.8, 4) is 0 Å². The van der Waals surface area contributed by atoms with Crippen molar-refractivity contribution in [2.45, 2.75) is 50.9 Å². The number of ether oxygens (including phenoxy) is 4. The maximum absolute atomic E-state index is 13.1. The molecule has 1 saturated heterocycles. The predicted octanol–water partition coefficient (Wildman–Crippen LogP) is 2.41. The van der Waals surface area contributed by atoms with E-state index in [0.717, 1.165) is 5.56 Å². The highest BCUT2D eigenvalue weighted by molar-refractivity contribution is 6.03. The van der Waals surface area contributed by atoms with E-state index >= 15 is 0 Å². The van der Waals surface area contributed by atoms with Crippen molar-refractivity contribution < 1.29 is 38.4 Å². The number of nitrogens with zero attached hydrogens (tertiary/aromatic N) is 1. The predicted molar refractivity (Wildman–Crippen MR) is 133 cm³/mol. The summed E-state index contributed by atoms with van der Waals surface area (Å²) in [4.78, 5) is 40.3. The van der Waals surface area contributed by atoms with Crippen LogP contribution < -0.4 is 5.32 Å². The van der Waals surface area contributed by atoms with Crippen molar-refractivity contribution in [3.05, 3.63) is 48.6 Å². The van der Waals surface area contributed by atoms with E-state index in [1.807, 2.05) is 30.3 Å². The number of aliphatic carboxylic acids is 1. The van der Waals surface area contributed by atoms with Gasteiger partial charge in [-0.1, -0.05) is 43.0 Å². The Morgan fingerprint density at radius 2 is 1.86 bits per heavy atom. The maximum Gasteiger partial charge on any atom is 0.407 e. The maximum atomic E-state index is 13.1. The lowest BCUT2D eigenvalue weighted by molar-refractivity contribution is -0.189. The molecule has 0 saturated carbocycles. The van der Waals surface area contributed by atoms with Gasteiger partial charge < -0.3 is 29.4 Å². The molecule has 2 unspecified atom stereocenters. The lowest BCUT2D eigenvalue weighted by Gasteiger charge is -2.33. The van der Waals surface area contributed by atoms with Crippen molar-refractivity contribution in [2.24, 2.45) is 0 Å². The smallest absolute Gasteiger partial charge is 0.407 e. The molecule has 1 amide bonds. The third-order valence-corrected chi connectivity index (χ3v) is 5.45. The van der Waals surface area contributed by atoms with Gasteiger partial charge in [0, 0.05) is 32.1 Å². The Balaban J connectivity index is 2.29. The summed E-state index contributed by atoms with van der Waals surface area (Å²) >= 11 is 0. The number of carbonyl (C=O) groups excluding carboxylic acids is 2. The van der Waals surface area contributed by atoms with E-state index in [1.54, 1.807) is 20.8 Å². The van der Waals surface area contributed by atoms with Crippen LogP contribution in [0.2, 0.25) is 0 Å². The molecule has 2 rings (SSSR count). The second-order valence-corrected chi connectivity index (χ2v) is 9.56. The zero-order valence-corrected chi connectivity index (χ0v) is 21.4. The molecule has 10 nitrogen and oxygen atoms in total. The fraction of sp³-hybridized carbons (Fsp3) is 0.577. The number of rotatable bonds is 13. The number of carbonyl (C=O) groups is 3. The van der Waals surface area contributed by atoms with E-state index in [2.05, 4.69) is 16.8 Å². The van der Waals surface area contributed by atoms with Crippen LogP contribution in [0.4, 0.5) is 4.79 Å². The monoisotopic (exact) mass is 506 g/mol. The average Bonchev–Trinajstić information content (AvgIpc) is 2.81. The molecule has 0 spiro atoms. The molecule has 0 radical (unpaired) electrons. The third-order valence-electron chi connectivity index (χ3n) is 5.45. The molecular weight excluding hydrogens is 468 g/mol. The first-order chi connectivity index (χ1) is 17.1. The zero-order chi connectivity index (χ0) is 26.6. The second-order valence-electron chi connectivity index (χ2n) is 9.56. The molecule has 200 valence electrons. The van der Waals surface area contributed by atoms with Gasteiger partial charge in [0.25, 0.3) is 5.60 Å². The Bertz CT molecular complexity index is 864. The number of carboxylic acids is 1. The van der Waals surface area contributed by atoms with Gasteiger partial charge in [-0.2, -0.15) is 0 Å². The zero-order valence-electron chi connectivity index (χ0n) is 21.4. The highest BCUT2D eigenvalue weighted by Crippen LogP contribution is 2.24. The number of hydrogen-bond acceptors (Lipinski definition) is 8. The molecule has 1 aliphatic heterocycles. The number of alkyl carbamates (subject to hydrolysis) is 1. The minimum Gasteiger partial charge on any atom is -0.479 e. The Kier molecular flexibility index (Phi) is 11.4. The first kappa shape index (κ1) is 29.3. The van der Waals surface area contributed by atoms with Crippen LogP contribution in [-0.4, -0.2) is 91.3 Å². The van der Waals surface area contributed by atoms with E-state index in [9.17, 15) is 19.5 Å². The first-order valence-corrected chi connectivity index (χ1v) is 12.0. The number of esters is 1. The fourth-order valence-corrected chi connectivity index (χ4v) is 3.76. The normalized spacial score (nSPS) is 16.9. The SMILES string of the molecule is C=CCOC(=O)C(CC(Cc1ccccc1)NC(=O)OC(C)(C)C)(OCCN1CCOCC1)C(=O)O. The molecule has 36 heavy (non-hydrogen) atoms. The lowest BCUT2D eigenvalue weighted by Crippen LogP contribution is -2.56. The molecule has 0 bridgehead atoms. The van der Waals surface area contributed by atoms with Gasteiger partial charge in [0.15, 0.2) is 0 Å². The largest absolute Gasteiger partial charge is 0.479 e. The molecule has 1 aromatic rings. The molecule has 1 heterocycles. The number of amides is 1. The van der Waals surface area contributed by atoms with Crippen molar-refractivity contribution in [1.82, 2.24) is 10.2 Å². The highest BCUT2D eigenvalue weighted by Gasteiger charge is 2.51. The quantitative estimate of drug-likeness (QED) is 0.236. The number of carboxylic acid groups (broad SMARTS) is 1. The van der Waals surface area contributed by atoms with Crippen LogP contribution in [0.15, 0.2) is 43.0 Å². The lowest BCUT2D eigenvalue weighted by atomic mass is 9.90. The molecule has 2 N–H and O–H groups in total. The fourth-order valence-electron chi connectivity index (χ4n) is 3.76. The van der Waals surface area contributed by atoms with E-state index in [-0.39, 0.29) is 26.1 Å². The van der Waals surface area contributed by atoms with Gasteiger partial charge in [-0.15, -0.1) is 0 Å². The summed E-state index contributed by atoms with van der Waals surface area (Å²) < 4.78 is 21.7. The summed E-state index contributed by atoms with van der Waals surface area (Å²) in [6, 6.07) is 8.41. The van der Waals surface area contributed by atoms with Gasteiger partial charge in [0.1, 0.15) is 12.2 Å². The second kappa shape index (κ2) is 14.0. The van der Waals surface area contributed by atoms with Crippen LogP contribution in [0.1, 0.15) is 32.8 Å². The van der Waals surface area contributed by atoms with Crippen LogP contribution in [0.25, 0.3) is 0 Å². The molecule has 10 heteroatoms. The number of nitrogens with one attached hydrogen (secondary N) is 1. The van der Waals surface area contributed by atoms with Crippen molar-refractivity contribution in [1.29, 1.82) is 0 Å². The van der Waals surface area contributed by atoms with Crippen LogP contribution in [0.5, 0.6) is 0 Å². The highest BCUT2D eigenvalue weighted by atomic mass is 16.6. The van der Waals surface area contributed by atoms with Crippen LogP contribution in [-0.2, 0) is 35.0 Å². The van der Waals surface area contributed by atoms with Crippen molar-refractivity contribution in [3.63, 3.8) is 0 Å². The van der Waals surface area contributed by atoms with E-state index < -0.39 is 35.3 Å². The average molecular weight is 507 g/mol. The molecule has 0 aromatic heterocycles. The Morgan fingerprint density at radius 3 is 2.44 bits per heavy atom. The number of morpholine rings is 1. The van der Waals surface area contributed by atoms with Crippen molar-refractivity contribution in [2.75, 3.05) is 46.1 Å². The molecule has 1 aliphatic rings. The van der Waals surface area contributed by atoms with Gasteiger partial charge in [0.05, 0.1) is 19.8 Å². The standard InChI is InChI=1S/C26H38N2O8/c1-5-14-34-23(31)26(22(29)30,35-17-13-28-11-15-33-16-12-28)19-21(18-20-9-7-6-8-10-20)27-24(32)36-25(2,3)4/h5-10,21H,1,11-19H2,2-4H3,(H,27,32)(H,29,30). The molecule has 1 fully saturated rings. The summed E-state index contributed by atoms with van der Waals surface area (Å²) in [6.07, 6.45) is 0.501. The van der Waals surface area contributed by atoms with Crippen LogP contribution in [0, 0.1) is 0 Å². The summed E-state index contributed by atoms with van der Waals surface area (Å²) in [5, 5.41) is 13.0. The van der Waals surface area contributed by atoms with E-state index in [0.29, 0.717) is 32.8 Å². The van der Waals surface area contributed by atoms with Gasteiger partial charge in [0.2, 0.25) is 0 Å². The third kappa shape index (κ3) is 9.60. The molecule has 2 atom stereocenters. The van der Waals surface area contributed by atoms with Crippen molar-refractivity contribution >= 4 is 18.0 Å². The van der Waals surface area contributed by atoms with Gasteiger partial charge in [-0.05, 0) is 32.8 Å². The number of benzene rings is 1. The Morgan fingerprint density at radius 1 is 1.19 bits per heavy atom. The number of hydrogen-bond donors (Lipinski definition) is 2. The van der Waals surface area contributed by atoms with E-state index in [1.165, 1.54) is 6.08 Å². The summed E-state index contributed by atoms with van der Waals surface area (Å²) in [5.74, 6) is -2.55. The minimum absolute atomic E-state index is 0.0278. The molecule has 0 aliphatic carbocycles.